The van der Waals surface area contributed by atoms with E-state index >= 15 is 0 Å². The minimum Gasteiger partial charge on any atom is -0.324 e. The van der Waals surface area contributed by atoms with E-state index in [0.29, 0.717) is 5.92 Å². The van der Waals surface area contributed by atoms with E-state index in [9.17, 15) is 4.79 Å². The lowest BCUT2D eigenvalue weighted by Crippen LogP contribution is -2.34. The molecule has 1 aliphatic heterocycles. The number of rotatable bonds is 4. The van der Waals surface area contributed by atoms with Crippen molar-refractivity contribution in [3.8, 4) is 11.3 Å². The number of anilines is 1. The summed E-state index contributed by atoms with van der Waals surface area (Å²) < 4.78 is 1.73. The summed E-state index contributed by atoms with van der Waals surface area (Å²) in [6, 6.07) is 9.88. The first kappa shape index (κ1) is 16.5. The van der Waals surface area contributed by atoms with Gasteiger partial charge in [0, 0.05) is 38.4 Å². The number of carbonyl (C=O) groups is 1. The molecule has 0 saturated carbocycles. The standard InChI is InChI=1S/C18H25N5O/c1-21(2)11-14-9-10-23(12-14)18(24)19-16-13-22(3)20-17(16)15-7-5-4-6-8-15/h4-8,13-14H,9-12H2,1-3H3,(H,19,24). The van der Waals surface area contributed by atoms with E-state index in [1.54, 1.807) is 4.68 Å². The summed E-state index contributed by atoms with van der Waals surface area (Å²) in [5, 5.41) is 7.53. The fourth-order valence-electron chi connectivity index (χ4n) is 3.27. The van der Waals surface area contributed by atoms with Gasteiger partial charge in [-0.25, -0.2) is 4.79 Å². The summed E-state index contributed by atoms with van der Waals surface area (Å²) in [4.78, 5) is 16.7. The molecular weight excluding hydrogens is 302 g/mol. The van der Waals surface area contributed by atoms with E-state index in [-0.39, 0.29) is 6.03 Å². The Hall–Kier alpha value is -2.34. The molecule has 1 saturated heterocycles. The summed E-state index contributed by atoms with van der Waals surface area (Å²) in [5.41, 5.74) is 2.56. The van der Waals surface area contributed by atoms with Crippen LogP contribution in [0, 0.1) is 5.92 Å². The zero-order valence-electron chi connectivity index (χ0n) is 14.6. The average molecular weight is 327 g/mol. The van der Waals surface area contributed by atoms with Gasteiger partial charge in [0.05, 0.1) is 5.69 Å². The van der Waals surface area contributed by atoms with E-state index in [4.69, 9.17) is 0 Å². The maximum absolute atomic E-state index is 12.6. The maximum Gasteiger partial charge on any atom is 0.321 e. The Bertz CT molecular complexity index is 695. The van der Waals surface area contributed by atoms with Gasteiger partial charge in [-0.3, -0.25) is 4.68 Å². The lowest BCUT2D eigenvalue weighted by Gasteiger charge is -2.19. The number of benzene rings is 1. The monoisotopic (exact) mass is 327 g/mol. The van der Waals surface area contributed by atoms with Crippen LogP contribution in [-0.2, 0) is 7.05 Å². The predicted molar refractivity (Wildman–Crippen MR) is 95.9 cm³/mol. The van der Waals surface area contributed by atoms with Crippen LogP contribution in [0.2, 0.25) is 0 Å². The van der Waals surface area contributed by atoms with E-state index in [0.717, 1.165) is 43.0 Å². The fourth-order valence-corrected chi connectivity index (χ4v) is 3.27. The quantitative estimate of drug-likeness (QED) is 0.939. The molecule has 1 atom stereocenters. The van der Waals surface area contributed by atoms with Gasteiger partial charge in [0.1, 0.15) is 5.69 Å². The van der Waals surface area contributed by atoms with Crippen molar-refractivity contribution in [1.29, 1.82) is 0 Å². The first-order valence-corrected chi connectivity index (χ1v) is 8.32. The number of urea groups is 1. The molecule has 1 unspecified atom stereocenters. The number of aromatic nitrogens is 2. The summed E-state index contributed by atoms with van der Waals surface area (Å²) in [5.74, 6) is 0.549. The van der Waals surface area contributed by atoms with Crippen LogP contribution in [0.4, 0.5) is 10.5 Å². The summed E-state index contributed by atoms with van der Waals surface area (Å²) in [6.07, 6.45) is 2.91. The minimum absolute atomic E-state index is 0.0403. The molecule has 1 N–H and O–H groups in total. The first-order valence-electron chi connectivity index (χ1n) is 8.32. The molecule has 1 aromatic heterocycles. The molecule has 1 aliphatic rings. The Morgan fingerprint density at radius 1 is 1.33 bits per heavy atom. The second-order valence-electron chi connectivity index (χ2n) is 6.72. The molecule has 6 nitrogen and oxygen atoms in total. The van der Waals surface area contributed by atoms with Gasteiger partial charge in [0.15, 0.2) is 0 Å². The molecule has 3 rings (SSSR count). The molecule has 24 heavy (non-hydrogen) atoms. The number of likely N-dealkylation sites (tertiary alicyclic amines) is 1. The lowest BCUT2D eigenvalue weighted by atomic mass is 10.1. The number of nitrogens with one attached hydrogen (secondary N) is 1. The highest BCUT2D eigenvalue weighted by molar-refractivity contribution is 5.93. The van der Waals surface area contributed by atoms with Crippen LogP contribution in [0.25, 0.3) is 11.3 Å². The average Bonchev–Trinajstić information content (AvgIpc) is 3.14. The number of carbonyl (C=O) groups excluding carboxylic acids is 1. The van der Waals surface area contributed by atoms with Gasteiger partial charge in [-0.05, 0) is 26.4 Å². The van der Waals surface area contributed by atoms with Gasteiger partial charge >= 0.3 is 6.03 Å². The molecule has 2 heterocycles. The Morgan fingerprint density at radius 2 is 2.08 bits per heavy atom. The van der Waals surface area contributed by atoms with Gasteiger partial charge in [0.2, 0.25) is 0 Å². The third-order valence-electron chi connectivity index (χ3n) is 4.31. The van der Waals surface area contributed by atoms with Gasteiger partial charge < -0.3 is 15.1 Å². The first-order chi connectivity index (χ1) is 11.5. The van der Waals surface area contributed by atoms with Crippen molar-refractivity contribution in [1.82, 2.24) is 19.6 Å². The molecule has 0 bridgehead atoms. The molecular formula is C18H25N5O. The molecule has 1 fully saturated rings. The van der Waals surface area contributed by atoms with Crippen LogP contribution in [0.3, 0.4) is 0 Å². The maximum atomic E-state index is 12.6. The third kappa shape index (κ3) is 3.76. The molecule has 128 valence electrons. The van der Waals surface area contributed by atoms with Crippen LogP contribution in [0.15, 0.2) is 36.5 Å². The Morgan fingerprint density at radius 3 is 2.79 bits per heavy atom. The topological polar surface area (TPSA) is 53.4 Å². The van der Waals surface area contributed by atoms with Crippen molar-refractivity contribution in [2.75, 3.05) is 39.0 Å². The smallest absolute Gasteiger partial charge is 0.321 e. The summed E-state index contributed by atoms with van der Waals surface area (Å²) >= 11 is 0. The van der Waals surface area contributed by atoms with Crippen LogP contribution in [-0.4, -0.2) is 59.3 Å². The van der Waals surface area contributed by atoms with E-state index in [1.807, 2.05) is 48.5 Å². The highest BCUT2D eigenvalue weighted by Gasteiger charge is 2.27. The second-order valence-corrected chi connectivity index (χ2v) is 6.72. The molecule has 6 heteroatoms. The Kier molecular flexibility index (Phi) is 4.85. The van der Waals surface area contributed by atoms with Gasteiger partial charge in [-0.2, -0.15) is 5.10 Å². The zero-order valence-corrected chi connectivity index (χ0v) is 14.6. The van der Waals surface area contributed by atoms with Crippen LogP contribution >= 0.6 is 0 Å². The van der Waals surface area contributed by atoms with Crippen LogP contribution in [0.1, 0.15) is 6.42 Å². The largest absolute Gasteiger partial charge is 0.324 e. The molecule has 2 aromatic rings. The zero-order chi connectivity index (χ0) is 17.1. The predicted octanol–water partition coefficient (Wildman–Crippen LogP) is 2.50. The molecule has 0 radical (unpaired) electrons. The number of hydrogen-bond acceptors (Lipinski definition) is 3. The lowest BCUT2D eigenvalue weighted by molar-refractivity contribution is 0.219. The van der Waals surface area contributed by atoms with E-state index in [2.05, 4.69) is 29.4 Å². The normalized spacial score (nSPS) is 17.5. The second kappa shape index (κ2) is 7.05. The highest BCUT2D eigenvalue weighted by Crippen LogP contribution is 2.27. The summed E-state index contributed by atoms with van der Waals surface area (Å²) in [6.45, 7) is 2.64. The van der Waals surface area contributed by atoms with Crippen molar-refractivity contribution >= 4 is 11.7 Å². The van der Waals surface area contributed by atoms with Crippen molar-refractivity contribution in [2.24, 2.45) is 13.0 Å². The third-order valence-corrected chi connectivity index (χ3v) is 4.31. The van der Waals surface area contributed by atoms with Crippen molar-refractivity contribution in [2.45, 2.75) is 6.42 Å². The van der Waals surface area contributed by atoms with Crippen molar-refractivity contribution in [3.63, 3.8) is 0 Å². The van der Waals surface area contributed by atoms with E-state index in [1.165, 1.54) is 0 Å². The molecule has 0 aliphatic carbocycles. The molecule has 1 aromatic carbocycles. The van der Waals surface area contributed by atoms with Crippen LogP contribution in [0.5, 0.6) is 0 Å². The molecule has 0 spiro atoms. The number of amides is 2. The molecule has 2 amide bonds. The minimum atomic E-state index is -0.0403. The number of hydrogen-bond donors (Lipinski definition) is 1. The highest BCUT2D eigenvalue weighted by atomic mass is 16.2. The van der Waals surface area contributed by atoms with Gasteiger partial charge in [0.25, 0.3) is 0 Å². The van der Waals surface area contributed by atoms with Crippen LogP contribution < -0.4 is 5.32 Å². The van der Waals surface area contributed by atoms with Crippen molar-refractivity contribution < 1.29 is 4.79 Å². The SMILES string of the molecule is CN(C)CC1CCN(C(=O)Nc2cn(C)nc2-c2ccccc2)C1. The number of nitrogens with zero attached hydrogens (tertiary/aromatic N) is 4. The Balaban J connectivity index is 1.70. The summed E-state index contributed by atoms with van der Waals surface area (Å²) in [7, 11) is 6.01. The Labute approximate surface area is 143 Å². The fraction of sp³-hybridized carbons (Fsp3) is 0.444. The van der Waals surface area contributed by atoms with Gasteiger partial charge in [-0.1, -0.05) is 30.3 Å². The van der Waals surface area contributed by atoms with Crippen molar-refractivity contribution in [3.05, 3.63) is 36.5 Å². The van der Waals surface area contributed by atoms with E-state index < -0.39 is 0 Å². The number of aryl methyl sites for hydroxylation is 1. The van der Waals surface area contributed by atoms with Gasteiger partial charge in [-0.15, -0.1) is 0 Å².